The Morgan fingerprint density at radius 1 is 1.33 bits per heavy atom. The van der Waals surface area contributed by atoms with Crippen LogP contribution in [0.1, 0.15) is 6.42 Å². The van der Waals surface area contributed by atoms with Gasteiger partial charge in [0, 0.05) is 34.6 Å². The molecule has 0 aliphatic carbocycles. The van der Waals surface area contributed by atoms with Crippen LogP contribution in [0.3, 0.4) is 0 Å². The summed E-state index contributed by atoms with van der Waals surface area (Å²) in [4.78, 5) is 20.7. The van der Waals surface area contributed by atoms with Crippen LogP contribution in [0.25, 0.3) is 0 Å². The Bertz CT molecular complexity index is 162. The molecule has 0 aromatic rings. The van der Waals surface area contributed by atoms with E-state index < -0.39 is 0 Å². The third-order valence-corrected chi connectivity index (χ3v) is 1.77. The molecule has 0 atom stereocenters. The van der Waals surface area contributed by atoms with Gasteiger partial charge in [-0.25, -0.2) is 0 Å². The second-order valence-corrected chi connectivity index (χ2v) is 3.59. The first-order chi connectivity index (χ1) is 4.04. The maximum atomic E-state index is 10.4. The highest BCUT2D eigenvalue weighted by Crippen LogP contribution is 2.08. The van der Waals surface area contributed by atoms with Gasteiger partial charge < -0.3 is 0 Å². The molecule has 0 aromatic carbocycles. The molecule has 0 bridgehead atoms. The summed E-state index contributed by atoms with van der Waals surface area (Å²) in [7, 11) is 0. The Labute approximate surface area is 80.4 Å². The molecule has 0 N–H and O–H groups in total. The first-order valence-electron chi connectivity index (χ1n) is 2.10. The van der Waals surface area contributed by atoms with Gasteiger partial charge in [0.05, 0.1) is 0 Å². The normalized spacial score (nSPS) is 8.67. The van der Waals surface area contributed by atoms with Crippen molar-refractivity contribution in [1.29, 1.82) is 0 Å². The zero-order valence-electron chi connectivity index (χ0n) is 4.49. The van der Waals surface area contributed by atoms with E-state index in [1.54, 1.807) is 45.2 Å². The Morgan fingerprint density at radius 2 is 1.78 bits per heavy atom. The summed E-state index contributed by atoms with van der Waals surface area (Å²) in [5.41, 5.74) is 0.370. The molecule has 0 aliphatic rings. The van der Waals surface area contributed by atoms with Crippen LogP contribution < -0.4 is 0 Å². The highest BCUT2D eigenvalue weighted by Gasteiger charge is 2.04. The zero-order valence-corrected chi connectivity index (χ0v) is 8.80. The summed E-state index contributed by atoms with van der Waals surface area (Å²) in [6.07, 6.45) is 0.169. The van der Waals surface area contributed by atoms with Crippen molar-refractivity contribution < 1.29 is 9.59 Å². The van der Waals surface area contributed by atoms with Gasteiger partial charge in [0.15, 0.2) is 3.79 Å². The van der Waals surface area contributed by atoms with E-state index in [9.17, 15) is 9.59 Å². The molecule has 50 valence electrons. The average Bonchev–Trinajstić information content (AvgIpc) is 1.63. The SMILES string of the molecule is C=C(CC(=O)I)C(=O)I. The lowest BCUT2D eigenvalue weighted by atomic mass is 10.3. The van der Waals surface area contributed by atoms with Crippen molar-refractivity contribution in [3.05, 3.63) is 12.2 Å². The van der Waals surface area contributed by atoms with E-state index in [-0.39, 0.29) is 14.0 Å². The Kier molecular flexibility index (Phi) is 4.63. The quantitative estimate of drug-likeness (QED) is 0.443. The average molecular weight is 350 g/mol. The van der Waals surface area contributed by atoms with Gasteiger partial charge in [-0.1, -0.05) is 6.58 Å². The topological polar surface area (TPSA) is 34.1 Å². The van der Waals surface area contributed by atoms with E-state index in [1.165, 1.54) is 0 Å². The lowest BCUT2D eigenvalue weighted by Crippen LogP contribution is -1.94. The van der Waals surface area contributed by atoms with Gasteiger partial charge in [-0.2, -0.15) is 0 Å². The Morgan fingerprint density at radius 3 is 1.89 bits per heavy atom. The maximum Gasteiger partial charge on any atom is 0.218 e. The fourth-order valence-corrected chi connectivity index (χ4v) is 0.888. The van der Waals surface area contributed by atoms with Crippen molar-refractivity contribution in [3.8, 4) is 0 Å². The third kappa shape index (κ3) is 5.01. The van der Waals surface area contributed by atoms with Crippen molar-refractivity contribution in [1.82, 2.24) is 0 Å². The van der Waals surface area contributed by atoms with Crippen LogP contribution in [0.5, 0.6) is 0 Å². The van der Waals surface area contributed by atoms with Crippen LogP contribution in [-0.4, -0.2) is 7.58 Å². The first kappa shape index (κ1) is 9.54. The predicted octanol–water partition coefficient (Wildman–Crippen LogP) is 1.86. The van der Waals surface area contributed by atoms with E-state index in [1.807, 2.05) is 0 Å². The summed E-state index contributed by atoms with van der Waals surface area (Å²) in [5, 5.41) is 0. The molecule has 0 radical (unpaired) electrons. The molecule has 0 rings (SSSR count). The molecular weight excluding hydrogens is 346 g/mol. The number of rotatable bonds is 3. The summed E-state index contributed by atoms with van der Waals surface area (Å²) >= 11 is 3.24. The molecule has 4 heteroatoms. The summed E-state index contributed by atoms with van der Waals surface area (Å²) < 4.78 is -0.194. The minimum Gasteiger partial charge on any atom is -0.287 e. The number of carbonyl (C=O) groups is 2. The number of carbonyl (C=O) groups excluding carboxylic acids is 2. The lowest BCUT2D eigenvalue weighted by Gasteiger charge is -1.90. The highest BCUT2D eigenvalue weighted by atomic mass is 127. The molecule has 0 heterocycles. The molecule has 2 nitrogen and oxygen atoms in total. The van der Waals surface area contributed by atoms with Gasteiger partial charge in [-0.3, -0.25) is 9.59 Å². The second kappa shape index (κ2) is 4.37. The lowest BCUT2D eigenvalue weighted by molar-refractivity contribution is -0.111. The molecule has 0 fully saturated rings. The van der Waals surface area contributed by atoms with Crippen molar-refractivity contribution in [3.63, 3.8) is 0 Å². The summed E-state index contributed by atoms with van der Waals surface area (Å²) in [6, 6.07) is 0. The second-order valence-electron chi connectivity index (χ2n) is 1.41. The number of hydrogen-bond acceptors (Lipinski definition) is 2. The van der Waals surface area contributed by atoms with Crippen LogP contribution in [0.15, 0.2) is 12.2 Å². The zero-order chi connectivity index (χ0) is 7.44. The van der Waals surface area contributed by atoms with Crippen LogP contribution in [0, 0.1) is 0 Å². The minimum atomic E-state index is -0.141. The van der Waals surface area contributed by atoms with E-state index in [0.717, 1.165) is 0 Å². The molecule has 0 unspecified atom stereocenters. The molecule has 0 saturated carbocycles. The van der Waals surface area contributed by atoms with Crippen LogP contribution in [0.4, 0.5) is 0 Å². The van der Waals surface area contributed by atoms with Crippen LogP contribution >= 0.6 is 45.2 Å². The van der Waals surface area contributed by atoms with Gasteiger partial charge in [0.2, 0.25) is 3.79 Å². The van der Waals surface area contributed by atoms with Crippen molar-refractivity contribution in [2.24, 2.45) is 0 Å². The number of halogens is 2. The molecular formula is C5H4I2O2. The van der Waals surface area contributed by atoms with Crippen molar-refractivity contribution >= 4 is 52.8 Å². The fourth-order valence-electron chi connectivity index (χ4n) is 0.237. The monoisotopic (exact) mass is 350 g/mol. The Hall–Kier alpha value is 0.540. The van der Waals surface area contributed by atoms with Crippen molar-refractivity contribution in [2.75, 3.05) is 0 Å². The third-order valence-electron chi connectivity index (χ3n) is 0.630. The smallest absolute Gasteiger partial charge is 0.218 e. The predicted molar refractivity (Wildman–Crippen MR) is 51.8 cm³/mol. The van der Waals surface area contributed by atoms with E-state index in [0.29, 0.717) is 5.57 Å². The van der Waals surface area contributed by atoms with E-state index in [4.69, 9.17) is 0 Å². The van der Waals surface area contributed by atoms with Crippen molar-refractivity contribution in [2.45, 2.75) is 6.42 Å². The van der Waals surface area contributed by atoms with E-state index in [2.05, 4.69) is 6.58 Å². The van der Waals surface area contributed by atoms with Gasteiger partial charge in [0.25, 0.3) is 0 Å². The minimum absolute atomic E-state index is 0.0531. The molecule has 0 aromatic heterocycles. The molecule has 9 heavy (non-hydrogen) atoms. The van der Waals surface area contributed by atoms with Gasteiger partial charge in [-0.05, 0) is 22.6 Å². The van der Waals surface area contributed by atoms with Gasteiger partial charge in [0.1, 0.15) is 0 Å². The molecule has 0 spiro atoms. The highest BCUT2D eigenvalue weighted by molar-refractivity contribution is 14.1. The molecule has 0 saturated heterocycles. The number of allylic oxidation sites excluding steroid dienone is 1. The standard InChI is InChI=1S/C5H4I2O2/c1-3(5(7)9)2-4(6)8/h1-2H2. The first-order valence-corrected chi connectivity index (χ1v) is 4.25. The fraction of sp³-hybridized carbons (Fsp3) is 0.200. The molecule has 0 aliphatic heterocycles. The largest absolute Gasteiger partial charge is 0.287 e. The van der Waals surface area contributed by atoms with Gasteiger partial charge >= 0.3 is 0 Å². The van der Waals surface area contributed by atoms with Crippen LogP contribution in [-0.2, 0) is 9.59 Å². The maximum absolute atomic E-state index is 10.4. The van der Waals surface area contributed by atoms with Gasteiger partial charge in [-0.15, -0.1) is 0 Å². The van der Waals surface area contributed by atoms with E-state index >= 15 is 0 Å². The van der Waals surface area contributed by atoms with Crippen LogP contribution in [0.2, 0.25) is 0 Å². The molecule has 0 amide bonds. The summed E-state index contributed by atoms with van der Waals surface area (Å²) in [5.74, 6) is 0. The Balaban J connectivity index is 3.79. The number of hydrogen-bond donors (Lipinski definition) is 0. The summed E-state index contributed by atoms with van der Waals surface area (Å²) in [6.45, 7) is 3.41.